The Balaban J connectivity index is 1.40. The highest BCUT2D eigenvalue weighted by atomic mass is 15.4. The van der Waals surface area contributed by atoms with Gasteiger partial charge in [-0.25, -0.2) is 9.97 Å². The van der Waals surface area contributed by atoms with Crippen LogP contribution in [0.15, 0.2) is 36.9 Å². The third-order valence-corrected chi connectivity index (χ3v) is 4.45. The molecule has 110 valence electrons. The Hall–Kier alpha value is -2.77. The van der Waals surface area contributed by atoms with E-state index < -0.39 is 0 Å². The van der Waals surface area contributed by atoms with Gasteiger partial charge in [0.1, 0.15) is 12.1 Å². The highest BCUT2D eigenvalue weighted by Crippen LogP contribution is 2.36. The minimum Gasteiger partial charge on any atom is -0.351 e. The quantitative estimate of drug-likeness (QED) is 0.676. The predicted molar refractivity (Wildman–Crippen MR) is 79.7 cm³/mol. The van der Waals surface area contributed by atoms with Gasteiger partial charge in [0.05, 0.1) is 12.1 Å². The first-order chi connectivity index (χ1) is 10.9. The van der Waals surface area contributed by atoms with Crippen molar-refractivity contribution in [3.05, 3.63) is 36.9 Å². The van der Waals surface area contributed by atoms with E-state index >= 15 is 0 Å². The molecule has 0 aromatic carbocycles. The number of anilines is 2. The molecule has 0 radical (unpaired) electrons. The second kappa shape index (κ2) is 4.36. The molecule has 22 heavy (non-hydrogen) atoms. The van der Waals surface area contributed by atoms with Gasteiger partial charge >= 0.3 is 0 Å². The van der Waals surface area contributed by atoms with E-state index in [2.05, 4.69) is 35.1 Å². The van der Waals surface area contributed by atoms with Gasteiger partial charge < -0.3 is 9.80 Å². The summed E-state index contributed by atoms with van der Waals surface area (Å²) >= 11 is 0. The van der Waals surface area contributed by atoms with Crippen molar-refractivity contribution in [3.63, 3.8) is 0 Å². The zero-order valence-electron chi connectivity index (χ0n) is 11.8. The van der Waals surface area contributed by atoms with Gasteiger partial charge in [-0.3, -0.25) is 0 Å². The van der Waals surface area contributed by atoms with Gasteiger partial charge in [0.25, 0.3) is 0 Å². The van der Waals surface area contributed by atoms with Gasteiger partial charge in [0.2, 0.25) is 5.95 Å². The van der Waals surface area contributed by atoms with Crippen LogP contribution in [0.25, 0.3) is 5.65 Å². The first-order valence-corrected chi connectivity index (χ1v) is 7.36. The van der Waals surface area contributed by atoms with E-state index in [1.807, 2.05) is 18.2 Å². The van der Waals surface area contributed by atoms with Crippen LogP contribution in [0.1, 0.15) is 6.42 Å². The summed E-state index contributed by atoms with van der Waals surface area (Å²) in [5.41, 5.74) is 0.769. The maximum absolute atomic E-state index is 4.58. The van der Waals surface area contributed by atoms with Crippen LogP contribution in [0.2, 0.25) is 0 Å². The lowest BCUT2D eigenvalue weighted by Crippen LogP contribution is -2.69. The van der Waals surface area contributed by atoms with Gasteiger partial charge in [-0.1, -0.05) is 0 Å². The molecule has 3 aliphatic rings. The van der Waals surface area contributed by atoms with Gasteiger partial charge in [-0.2, -0.15) is 4.52 Å². The summed E-state index contributed by atoms with van der Waals surface area (Å²) in [6, 6.07) is 6.73. The molecule has 3 saturated heterocycles. The fraction of sp³-hybridized carbons (Fsp3) is 0.357. The number of aromatic nitrogens is 6. The number of fused-ring (bicyclic) bond motifs is 3. The largest absolute Gasteiger partial charge is 0.351 e. The summed E-state index contributed by atoms with van der Waals surface area (Å²) in [6.45, 7) is 1.88. The van der Waals surface area contributed by atoms with Crippen LogP contribution in [0.4, 0.5) is 11.8 Å². The summed E-state index contributed by atoms with van der Waals surface area (Å²) in [4.78, 5) is 13.4. The van der Waals surface area contributed by atoms with E-state index in [4.69, 9.17) is 0 Å². The number of rotatable bonds is 2. The highest BCUT2D eigenvalue weighted by Gasteiger charge is 2.46. The summed E-state index contributed by atoms with van der Waals surface area (Å²) in [5, 5.41) is 12.4. The minimum absolute atomic E-state index is 0.458. The molecule has 0 spiro atoms. The molecule has 6 rings (SSSR count). The van der Waals surface area contributed by atoms with Crippen LogP contribution >= 0.6 is 0 Å². The Morgan fingerprint density at radius 3 is 2.68 bits per heavy atom. The van der Waals surface area contributed by atoms with E-state index in [0.29, 0.717) is 12.1 Å². The predicted octanol–water partition coefficient (Wildman–Crippen LogP) is 0.382. The van der Waals surface area contributed by atoms with Crippen LogP contribution in [0.3, 0.4) is 0 Å². The zero-order valence-corrected chi connectivity index (χ0v) is 11.8. The molecule has 3 fully saturated rings. The molecule has 0 amide bonds. The molecule has 0 N–H and O–H groups in total. The van der Waals surface area contributed by atoms with Crippen LogP contribution < -0.4 is 9.80 Å². The lowest BCUT2D eigenvalue weighted by atomic mass is 9.88. The smallest absolute Gasteiger partial charge is 0.225 e. The number of piperidine rings is 1. The lowest BCUT2D eigenvalue weighted by molar-refractivity contribution is 0.284. The van der Waals surface area contributed by atoms with Crippen LogP contribution in [-0.4, -0.2) is 55.0 Å². The number of piperazine rings is 1. The summed E-state index contributed by atoms with van der Waals surface area (Å²) in [6.07, 6.45) is 6.43. The molecule has 2 atom stereocenters. The van der Waals surface area contributed by atoms with Gasteiger partial charge in [0, 0.05) is 25.5 Å². The Bertz CT molecular complexity index is 804. The van der Waals surface area contributed by atoms with Crippen LogP contribution in [-0.2, 0) is 0 Å². The van der Waals surface area contributed by atoms with Crippen molar-refractivity contribution in [1.82, 2.24) is 29.8 Å². The normalized spacial score (nSPS) is 23.6. The zero-order chi connectivity index (χ0) is 14.5. The SMILES string of the molecule is c1cnc(N2C3CC2CN(c2ccc4nncn4n2)C3)nc1. The van der Waals surface area contributed by atoms with Crippen molar-refractivity contribution in [2.45, 2.75) is 18.5 Å². The average Bonchev–Trinajstić information content (AvgIpc) is 3.03. The molecule has 6 heterocycles. The fourth-order valence-corrected chi connectivity index (χ4v) is 3.43. The van der Waals surface area contributed by atoms with E-state index in [0.717, 1.165) is 30.5 Å². The molecule has 3 aromatic rings. The Labute approximate surface area is 126 Å². The third kappa shape index (κ3) is 1.66. The molecule has 0 aliphatic carbocycles. The van der Waals surface area contributed by atoms with Gasteiger partial charge in [-0.05, 0) is 24.6 Å². The Morgan fingerprint density at radius 1 is 1.05 bits per heavy atom. The lowest BCUT2D eigenvalue weighted by Gasteiger charge is -2.56. The van der Waals surface area contributed by atoms with Gasteiger partial charge in [0.15, 0.2) is 5.65 Å². The van der Waals surface area contributed by atoms with Crippen molar-refractivity contribution in [3.8, 4) is 0 Å². The molecule has 0 saturated carbocycles. The maximum Gasteiger partial charge on any atom is 0.225 e. The highest BCUT2D eigenvalue weighted by molar-refractivity contribution is 5.50. The Morgan fingerprint density at radius 2 is 1.86 bits per heavy atom. The average molecular weight is 294 g/mol. The topological polar surface area (TPSA) is 75.3 Å². The second-order valence-corrected chi connectivity index (χ2v) is 5.73. The first kappa shape index (κ1) is 11.8. The maximum atomic E-state index is 4.58. The molecule has 2 bridgehead atoms. The number of nitrogens with zero attached hydrogens (tertiary/aromatic N) is 8. The standard InChI is InChI=1S/C14H14N8/c1-4-15-14(16-5-1)22-10-6-11(22)8-20(7-10)13-3-2-12-18-17-9-21(12)19-13/h1-5,9-11H,6-8H2. The van der Waals surface area contributed by atoms with Crippen LogP contribution in [0, 0.1) is 0 Å². The number of hydrogen-bond acceptors (Lipinski definition) is 7. The van der Waals surface area contributed by atoms with Crippen molar-refractivity contribution in [1.29, 1.82) is 0 Å². The first-order valence-electron chi connectivity index (χ1n) is 7.36. The summed E-state index contributed by atoms with van der Waals surface area (Å²) in [5.74, 6) is 1.81. The van der Waals surface area contributed by atoms with E-state index in [1.54, 1.807) is 23.2 Å². The van der Waals surface area contributed by atoms with Crippen molar-refractivity contribution < 1.29 is 0 Å². The summed E-state index contributed by atoms with van der Waals surface area (Å²) < 4.78 is 1.72. The van der Waals surface area contributed by atoms with Crippen LogP contribution in [0.5, 0.6) is 0 Å². The molecule has 8 nitrogen and oxygen atoms in total. The third-order valence-electron chi connectivity index (χ3n) is 4.45. The van der Waals surface area contributed by atoms with E-state index in [-0.39, 0.29) is 0 Å². The van der Waals surface area contributed by atoms with E-state index in [1.165, 1.54) is 6.42 Å². The molecule has 3 aromatic heterocycles. The molecule has 8 heteroatoms. The van der Waals surface area contributed by atoms with Crippen molar-refractivity contribution in [2.24, 2.45) is 0 Å². The monoisotopic (exact) mass is 294 g/mol. The van der Waals surface area contributed by atoms with Crippen molar-refractivity contribution >= 4 is 17.4 Å². The summed E-state index contributed by atoms with van der Waals surface area (Å²) in [7, 11) is 0. The molecule has 2 unspecified atom stereocenters. The Kier molecular flexibility index (Phi) is 2.35. The second-order valence-electron chi connectivity index (χ2n) is 5.73. The molecule has 3 aliphatic heterocycles. The van der Waals surface area contributed by atoms with Crippen molar-refractivity contribution in [2.75, 3.05) is 22.9 Å². The van der Waals surface area contributed by atoms with E-state index in [9.17, 15) is 0 Å². The fourth-order valence-electron chi connectivity index (χ4n) is 3.43. The molecular weight excluding hydrogens is 280 g/mol. The molecular formula is C14H14N8. The van der Waals surface area contributed by atoms with Gasteiger partial charge in [-0.15, -0.1) is 15.3 Å². The number of hydrogen-bond donors (Lipinski definition) is 0. The minimum atomic E-state index is 0.458.